The van der Waals surface area contributed by atoms with Crippen LogP contribution in [-0.2, 0) is 27.3 Å². The van der Waals surface area contributed by atoms with Crippen molar-refractivity contribution in [1.29, 1.82) is 0 Å². The lowest BCUT2D eigenvalue weighted by atomic mass is 10.0. The molecular weight excluding hydrogens is 373 g/mol. The molecular formula is C23H28FNO4. The predicted molar refractivity (Wildman–Crippen MR) is 109 cm³/mol. The highest BCUT2D eigenvalue weighted by Gasteiger charge is 2.31. The standard InChI is InChI=1S/C23H28FNO4/c1-16(29-21(26)14-18-11-12-20(28-5)19(24)13-18)22(27)25(23(2,3)4)15-17-9-7-6-8-10-17/h6-13,16H,14-15H2,1-5H3/t16-/m1/s1. The Kier molecular flexibility index (Phi) is 7.37. The minimum atomic E-state index is -0.950. The summed E-state index contributed by atoms with van der Waals surface area (Å²) in [6.45, 7) is 7.76. The van der Waals surface area contributed by atoms with Crippen molar-refractivity contribution in [2.45, 2.75) is 52.3 Å². The molecule has 0 heterocycles. The van der Waals surface area contributed by atoms with Gasteiger partial charge in [-0.25, -0.2) is 4.39 Å². The lowest BCUT2D eigenvalue weighted by Gasteiger charge is -2.37. The number of rotatable bonds is 7. The number of esters is 1. The van der Waals surface area contributed by atoms with Crippen LogP contribution in [0.2, 0.25) is 0 Å². The van der Waals surface area contributed by atoms with E-state index in [0.717, 1.165) is 5.56 Å². The number of amides is 1. The van der Waals surface area contributed by atoms with Gasteiger partial charge in [0.15, 0.2) is 17.7 Å². The first-order chi connectivity index (χ1) is 13.6. The van der Waals surface area contributed by atoms with Gasteiger partial charge in [0, 0.05) is 12.1 Å². The van der Waals surface area contributed by atoms with Crippen molar-refractivity contribution < 1.29 is 23.5 Å². The molecule has 0 saturated carbocycles. The summed E-state index contributed by atoms with van der Waals surface area (Å²) >= 11 is 0. The second-order valence-electron chi connectivity index (χ2n) is 7.86. The zero-order valence-corrected chi connectivity index (χ0v) is 17.6. The van der Waals surface area contributed by atoms with Gasteiger partial charge in [-0.05, 0) is 51.0 Å². The average molecular weight is 401 g/mol. The van der Waals surface area contributed by atoms with Gasteiger partial charge in [0.1, 0.15) is 0 Å². The maximum absolute atomic E-state index is 13.8. The van der Waals surface area contributed by atoms with E-state index in [1.54, 1.807) is 17.9 Å². The number of benzene rings is 2. The maximum Gasteiger partial charge on any atom is 0.311 e. The van der Waals surface area contributed by atoms with Gasteiger partial charge in [0.2, 0.25) is 0 Å². The molecule has 1 amide bonds. The van der Waals surface area contributed by atoms with Gasteiger partial charge in [-0.2, -0.15) is 0 Å². The van der Waals surface area contributed by atoms with Crippen LogP contribution >= 0.6 is 0 Å². The first-order valence-electron chi connectivity index (χ1n) is 9.49. The first-order valence-corrected chi connectivity index (χ1v) is 9.49. The van der Waals surface area contributed by atoms with Gasteiger partial charge >= 0.3 is 5.97 Å². The second-order valence-corrected chi connectivity index (χ2v) is 7.86. The normalized spacial score (nSPS) is 12.2. The van der Waals surface area contributed by atoms with Crippen LogP contribution in [0.4, 0.5) is 4.39 Å². The number of carbonyl (C=O) groups excluding carboxylic acids is 2. The fourth-order valence-electron chi connectivity index (χ4n) is 2.91. The molecule has 156 valence electrons. The Bertz CT molecular complexity index is 846. The highest BCUT2D eigenvalue weighted by atomic mass is 19.1. The molecule has 0 N–H and O–H groups in total. The van der Waals surface area contributed by atoms with E-state index in [4.69, 9.17) is 9.47 Å². The van der Waals surface area contributed by atoms with E-state index in [-0.39, 0.29) is 18.1 Å². The van der Waals surface area contributed by atoms with Gasteiger partial charge in [0.05, 0.1) is 13.5 Å². The third-order valence-corrected chi connectivity index (χ3v) is 4.48. The molecule has 0 aromatic heterocycles. The highest BCUT2D eigenvalue weighted by molar-refractivity contribution is 5.84. The molecule has 0 radical (unpaired) electrons. The largest absolute Gasteiger partial charge is 0.494 e. The lowest BCUT2D eigenvalue weighted by Crippen LogP contribution is -2.49. The Labute approximate surface area is 171 Å². The molecule has 0 aliphatic heterocycles. The number of halogens is 1. The van der Waals surface area contributed by atoms with Crippen molar-refractivity contribution in [1.82, 2.24) is 4.90 Å². The van der Waals surface area contributed by atoms with E-state index < -0.39 is 23.4 Å². The summed E-state index contributed by atoms with van der Waals surface area (Å²) in [6, 6.07) is 13.9. The first kappa shape index (κ1) is 22.4. The van der Waals surface area contributed by atoms with Gasteiger partial charge in [0.25, 0.3) is 5.91 Å². The summed E-state index contributed by atoms with van der Waals surface area (Å²) in [5.74, 6) is -1.32. The third-order valence-electron chi connectivity index (χ3n) is 4.48. The van der Waals surface area contributed by atoms with Crippen LogP contribution in [-0.4, -0.2) is 35.5 Å². The number of hydrogen-bond acceptors (Lipinski definition) is 4. The Morgan fingerprint density at radius 1 is 1.07 bits per heavy atom. The quantitative estimate of drug-likeness (QED) is 0.655. The van der Waals surface area contributed by atoms with Crippen molar-refractivity contribution in [2.75, 3.05) is 7.11 Å². The molecule has 0 aliphatic rings. The summed E-state index contributed by atoms with van der Waals surface area (Å²) in [5, 5.41) is 0. The van der Waals surface area contributed by atoms with E-state index in [9.17, 15) is 14.0 Å². The van der Waals surface area contributed by atoms with Crippen LogP contribution in [0.25, 0.3) is 0 Å². The number of carbonyl (C=O) groups is 2. The van der Waals surface area contributed by atoms with Crippen LogP contribution in [0.5, 0.6) is 5.75 Å². The van der Waals surface area contributed by atoms with Crippen molar-refractivity contribution in [3.63, 3.8) is 0 Å². The Morgan fingerprint density at radius 2 is 1.72 bits per heavy atom. The van der Waals surface area contributed by atoms with Gasteiger partial charge in [-0.15, -0.1) is 0 Å². The third kappa shape index (κ3) is 6.31. The minimum absolute atomic E-state index is 0.104. The van der Waals surface area contributed by atoms with Crippen molar-refractivity contribution in [3.05, 3.63) is 65.5 Å². The Balaban J connectivity index is 2.04. The topological polar surface area (TPSA) is 55.8 Å². The summed E-state index contributed by atoms with van der Waals surface area (Å²) in [7, 11) is 1.37. The van der Waals surface area contributed by atoms with Crippen LogP contribution in [0, 0.1) is 5.82 Å². The molecule has 1 atom stereocenters. The minimum Gasteiger partial charge on any atom is -0.494 e. The summed E-state index contributed by atoms with van der Waals surface area (Å²) in [6.07, 6.45) is -1.08. The molecule has 29 heavy (non-hydrogen) atoms. The van der Waals surface area contributed by atoms with Crippen molar-refractivity contribution >= 4 is 11.9 Å². The molecule has 0 spiro atoms. The zero-order valence-electron chi connectivity index (χ0n) is 17.6. The smallest absolute Gasteiger partial charge is 0.311 e. The molecule has 2 rings (SSSR count). The van der Waals surface area contributed by atoms with Crippen molar-refractivity contribution in [3.8, 4) is 5.75 Å². The lowest BCUT2D eigenvalue weighted by molar-refractivity contribution is -0.161. The molecule has 6 heteroatoms. The molecule has 2 aromatic carbocycles. The fraction of sp³-hybridized carbons (Fsp3) is 0.391. The Hall–Kier alpha value is -2.89. The maximum atomic E-state index is 13.8. The van der Waals surface area contributed by atoms with Crippen LogP contribution in [0.15, 0.2) is 48.5 Å². The number of ether oxygens (including phenoxy) is 2. The van der Waals surface area contributed by atoms with E-state index in [1.807, 2.05) is 51.1 Å². The number of hydrogen-bond donors (Lipinski definition) is 0. The van der Waals surface area contributed by atoms with E-state index >= 15 is 0 Å². The monoisotopic (exact) mass is 401 g/mol. The number of methoxy groups -OCH3 is 1. The van der Waals surface area contributed by atoms with Crippen LogP contribution < -0.4 is 4.74 Å². The Morgan fingerprint density at radius 3 is 2.28 bits per heavy atom. The molecule has 0 unspecified atom stereocenters. The van der Waals surface area contributed by atoms with Gasteiger partial charge < -0.3 is 14.4 Å². The number of nitrogens with zero attached hydrogens (tertiary/aromatic N) is 1. The molecule has 2 aromatic rings. The fourth-order valence-corrected chi connectivity index (χ4v) is 2.91. The van der Waals surface area contributed by atoms with Gasteiger partial charge in [-0.1, -0.05) is 36.4 Å². The van der Waals surface area contributed by atoms with Crippen LogP contribution in [0.1, 0.15) is 38.8 Å². The molecule has 0 aliphatic carbocycles. The van der Waals surface area contributed by atoms with E-state index in [2.05, 4.69) is 0 Å². The second kappa shape index (κ2) is 9.54. The molecule has 0 fully saturated rings. The zero-order chi connectivity index (χ0) is 21.6. The molecule has 0 saturated heterocycles. The average Bonchev–Trinajstić information content (AvgIpc) is 2.65. The molecule has 5 nitrogen and oxygen atoms in total. The predicted octanol–water partition coefficient (Wildman–Crippen LogP) is 4.14. The highest BCUT2D eigenvalue weighted by Crippen LogP contribution is 2.21. The SMILES string of the molecule is COc1ccc(CC(=O)O[C@H](C)C(=O)N(Cc2ccccc2)C(C)(C)C)cc1F. The van der Waals surface area contributed by atoms with Gasteiger partial charge in [-0.3, -0.25) is 9.59 Å². The summed E-state index contributed by atoms with van der Waals surface area (Å²) in [4.78, 5) is 27.0. The van der Waals surface area contributed by atoms with Crippen molar-refractivity contribution in [2.24, 2.45) is 0 Å². The van der Waals surface area contributed by atoms with E-state index in [1.165, 1.54) is 19.2 Å². The summed E-state index contributed by atoms with van der Waals surface area (Å²) in [5.41, 5.74) is 0.986. The van der Waals surface area contributed by atoms with Crippen LogP contribution in [0.3, 0.4) is 0 Å². The van der Waals surface area contributed by atoms with E-state index in [0.29, 0.717) is 12.1 Å². The molecule has 0 bridgehead atoms. The summed E-state index contributed by atoms with van der Waals surface area (Å²) < 4.78 is 24.0.